The third kappa shape index (κ3) is 2.21. The summed E-state index contributed by atoms with van der Waals surface area (Å²) in [6.45, 7) is 0. The minimum absolute atomic E-state index is 0.368. The van der Waals surface area contributed by atoms with Gasteiger partial charge in [0.1, 0.15) is 0 Å². The van der Waals surface area contributed by atoms with E-state index in [-0.39, 0.29) is 0 Å². The van der Waals surface area contributed by atoms with Gasteiger partial charge in [0.05, 0.1) is 12.7 Å². The van der Waals surface area contributed by atoms with Crippen LogP contribution in [0.2, 0.25) is 0 Å². The van der Waals surface area contributed by atoms with E-state index in [1.807, 2.05) is 0 Å². The Morgan fingerprint density at radius 2 is 2.38 bits per heavy atom. The molecule has 0 bridgehead atoms. The molecule has 0 radical (unpaired) electrons. The molecular weight excluding hydrogens is 170 g/mol. The molecule has 5 heteroatoms. The first kappa shape index (κ1) is 9.09. The molecule has 0 unspecified atom stereocenters. The van der Waals surface area contributed by atoms with Crippen LogP contribution in [0, 0.1) is 0 Å². The molecule has 5 nitrogen and oxygen atoms in total. The Kier molecular flexibility index (Phi) is 2.89. The van der Waals surface area contributed by atoms with E-state index < -0.39 is 5.97 Å². The molecule has 0 saturated carbocycles. The maximum atomic E-state index is 11.0. The fraction of sp³-hybridized carbons (Fsp3) is 0.125. The zero-order valence-corrected chi connectivity index (χ0v) is 6.97. The largest absolute Gasteiger partial charge is 0.465 e. The number of rotatable bonds is 2. The number of benzene rings is 1. The topological polar surface area (TPSA) is 75.1 Å². The van der Waals surface area contributed by atoms with E-state index in [9.17, 15) is 4.79 Å². The number of hydrogen-bond acceptors (Lipinski definition) is 3. The van der Waals surface area contributed by atoms with Gasteiger partial charge in [-0.2, -0.15) is 0 Å². The van der Waals surface area contributed by atoms with Gasteiger partial charge < -0.3 is 4.74 Å². The van der Waals surface area contributed by atoms with Crippen LogP contribution in [-0.4, -0.2) is 13.1 Å². The van der Waals surface area contributed by atoms with Crippen LogP contribution < -0.4 is 0 Å². The molecule has 1 rings (SSSR count). The molecule has 66 valence electrons. The molecule has 0 aliphatic rings. The van der Waals surface area contributed by atoms with Gasteiger partial charge in [-0.05, 0) is 17.7 Å². The van der Waals surface area contributed by atoms with Gasteiger partial charge >= 0.3 is 5.97 Å². The summed E-state index contributed by atoms with van der Waals surface area (Å²) in [4.78, 5) is 13.6. The van der Waals surface area contributed by atoms with Crippen molar-refractivity contribution in [2.75, 3.05) is 7.11 Å². The number of hydrogen-bond donors (Lipinski definition) is 0. The normalized spacial score (nSPS) is 8.69. The molecular formula is C8H7N3O2. The van der Waals surface area contributed by atoms with Crippen molar-refractivity contribution < 1.29 is 9.53 Å². The van der Waals surface area contributed by atoms with Gasteiger partial charge in [0, 0.05) is 10.6 Å². The van der Waals surface area contributed by atoms with Crippen LogP contribution in [0.25, 0.3) is 10.4 Å². The summed E-state index contributed by atoms with van der Waals surface area (Å²) >= 11 is 0. The van der Waals surface area contributed by atoms with Gasteiger partial charge in [0.2, 0.25) is 0 Å². The van der Waals surface area contributed by atoms with Gasteiger partial charge in [-0.15, -0.1) is 0 Å². The van der Waals surface area contributed by atoms with Crippen molar-refractivity contribution in [3.05, 3.63) is 40.3 Å². The lowest BCUT2D eigenvalue weighted by Gasteiger charge is -1.98. The molecule has 13 heavy (non-hydrogen) atoms. The highest BCUT2D eigenvalue weighted by Gasteiger charge is 2.03. The Bertz CT molecular complexity index is 369. The number of azide groups is 1. The predicted molar refractivity (Wildman–Crippen MR) is 46.6 cm³/mol. The molecule has 0 aliphatic carbocycles. The van der Waals surface area contributed by atoms with Crippen LogP contribution in [0.15, 0.2) is 29.4 Å². The number of ether oxygens (including phenoxy) is 1. The first-order valence-electron chi connectivity index (χ1n) is 3.51. The lowest BCUT2D eigenvalue weighted by Crippen LogP contribution is -1.99. The first-order chi connectivity index (χ1) is 6.27. The van der Waals surface area contributed by atoms with Gasteiger partial charge in [0.25, 0.3) is 0 Å². The average molecular weight is 177 g/mol. The molecule has 1 aromatic rings. The van der Waals surface area contributed by atoms with Crippen LogP contribution >= 0.6 is 0 Å². The minimum Gasteiger partial charge on any atom is -0.465 e. The minimum atomic E-state index is -0.449. The number of methoxy groups -OCH3 is 1. The Morgan fingerprint density at radius 1 is 1.62 bits per heavy atom. The molecule has 0 aliphatic heterocycles. The lowest BCUT2D eigenvalue weighted by atomic mass is 10.2. The van der Waals surface area contributed by atoms with Crippen molar-refractivity contribution in [2.45, 2.75) is 0 Å². The van der Waals surface area contributed by atoms with E-state index in [4.69, 9.17) is 5.53 Å². The first-order valence-corrected chi connectivity index (χ1v) is 3.51. The standard InChI is InChI=1S/C8H7N3O2/c1-13-8(12)6-3-2-4-7(5-6)10-11-9/h2-5H,1H3. The summed E-state index contributed by atoms with van der Waals surface area (Å²) in [5, 5.41) is 3.36. The van der Waals surface area contributed by atoms with Crippen molar-refractivity contribution in [2.24, 2.45) is 5.11 Å². The van der Waals surface area contributed by atoms with Crippen molar-refractivity contribution in [1.29, 1.82) is 0 Å². The molecule has 0 spiro atoms. The second kappa shape index (κ2) is 4.13. The average Bonchev–Trinajstić information content (AvgIpc) is 2.18. The Hall–Kier alpha value is -2.00. The highest BCUT2D eigenvalue weighted by molar-refractivity contribution is 5.90. The van der Waals surface area contributed by atoms with Crippen molar-refractivity contribution in [3.63, 3.8) is 0 Å². The van der Waals surface area contributed by atoms with E-state index in [1.165, 1.54) is 13.2 Å². The molecule has 0 saturated heterocycles. The Labute approximate surface area is 74.6 Å². The number of carbonyl (C=O) groups is 1. The van der Waals surface area contributed by atoms with Crippen molar-refractivity contribution in [1.82, 2.24) is 0 Å². The van der Waals surface area contributed by atoms with Crippen LogP contribution in [0.5, 0.6) is 0 Å². The Balaban J connectivity index is 3.04. The molecule has 0 amide bonds. The van der Waals surface area contributed by atoms with E-state index in [0.717, 1.165) is 0 Å². The van der Waals surface area contributed by atoms with E-state index >= 15 is 0 Å². The second-order valence-electron chi connectivity index (χ2n) is 2.23. The zero-order valence-electron chi connectivity index (χ0n) is 6.97. The second-order valence-corrected chi connectivity index (χ2v) is 2.23. The van der Waals surface area contributed by atoms with Crippen LogP contribution in [0.1, 0.15) is 10.4 Å². The fourth-order valence-electron chi connectivity index (χ4n) is 0.865. The fourth-order valence-corrected chi connectivity index (χ4v) is 0.865. The van der Waals surface area contributed by atoms with Gasteiger partial charge in [-0.1, -0.05) is 17.2 Å². The van der Waals surface area contributed by atoms with Gasteiger partial charge in [0.15, 0.2) is 0 Å². The third-order valence-corrected chi connectivity index (χ3v) is 1.43. The number of carbonyl (C=O) groups excluding carboxylic acids is 1. The Morgan fingerprint density at radius 3 is 3.00 bits per heavy atom. The van der Waals surface area contributed by atoms with E-state index in [0.29, 0.717) is 11.3 Å². The van der Waals surface area contributed by atoms with E-state index in [2.05, 4.69) is 14.8 Å². The quantitative estimate of drug-likeness (QED) is 0.301. The van der Waals surface area contributed by atoms with Crippen LogP contribution in [0.3, 0.4) is 0 Å². The summed E-state index contributed by atoms with van der Waals surface area (Å²) in [6.07, 6.45) is 0. The van der Waals surface area contributed by atoms with Crippen LogP contribution in [-0.2, 0) is 4.74 Å². The van der Waals surface area contributed by atoms with Crippen molar-refractivity contribution >= 4 is 11.7 Å². The third-order valence-electron chi connectivity index (χ3n) is 1.43. The maximum absolute atomic E-state index is 11.0. The smallest absolute Gasteiger partial charge is 0.337 e. The molecule has 0 fully saturated rings. The SMILES string of the molecule is COC(=O)c1cccc(N=[N+]=[N-])c1. The predicted octanol–water partition coefficient (Wildman–Crippen LogP) is 2.42. The van der Waals surface area contributed by atoms with Crippen molar-refractivity contribution in [3.8, 4) is 0 Å². The summed E-state index contributed by atoms with van der Waals surface area (Å²) in [7, 11) is 1.29. The number of esters is 1. The van der Waals surface area contributed by atoms with Gasteiger partial charge in [-0.25, -0.2) is 4.79 Å². The summed E-state index contributed by atoms with van der Waals surface area (Å²) in [6, 6.07) is 6.27. The zero-order chi connectivity index (χ0) is 9.68. The summed E-state index contributed by atoms with van der Waals surface area (Å²) in [5.74, 6) is -0.449. The molecule has 1 aromatic carbocycles. The summed E-state index contributed by atoms with van der Waals surface area (Å²) < 4.78 is 4.50. The highest BCUT2D eigenvalue weighted by atomic mass is 16.5. The molecule has 0 N–H and O–H groups in total. The van der Waals surface area contributed by atoms with Crippen LogP contribution in [0.4, 0.5) is 5.69 Å². The maximum Gasteiger partial charge on any atom is 0.337 e. The van der Waals surface area contributed by atoms with Gasteiger partial charge in [-0.3, -0.25) is 0 Å². The number of nitrogens with zero attached hydrogens (tertiary/aromatic N) is 3. The molecule has 0 aromatic heterocycles. The lowest BCUT2D eigenvalue weighted by molar-refractivity contribution is 0.0601. The van der Waals surface area contributed by atoms with E-state index in [1.54, 1.807) is 18.2 Å². The molecule has 0 heterocycles. The molecule has 0 atom stereocenters. The summed E-state index contributed by atoms with van der Waals surface area (Å²) in [5.41, 5.74) is 8.91. The monoisotopic (exact) mass is 177 g/mol. The highest BCUT2D eigenvalue weighted by Crippen LogP contribution is 2.14.